The maximum absolute atomic E-state index is 11.9. The number of nitrogens with zero attached hydrogens (tertiary/aromatic N) is 1. The van der Waals surface area contributed by atoms with Gasteiger partial charge in [0.25, 0.3) is 0 Å². The number of imidazole rings is 1. The number of aryl methyl sites for hydroxylation is 1. The summed E-state index contributed by atoms with van der Waals surface area (Å²) in [7, 11) is 0. The molecule has 0 saturated heterocycles. The molecule has 3 rings (SSSR count). The Labute approximate surface area is 149 Å². The second-order valence-corrected chi connectivity index (χ2v) is 5.94. The number of para-hydroxylation sites is 2. The number of fused-ring (bicyclic) bond motifs is 1. The van der Waals surface area contributed by atoms with E-state index in [4.69, 9.17) is 16.3 Å². The molecule has 0 atom stereocenters. The third-order valence-electron chi connectivity index (χ3n) is 3.73. The summed E-state index contributed by atoms with van der Waals surface area (Å²) in [4.78, 5) is 26.4. The largest absolute Gasteiger partial charge is 0.462 e. The van der Waals surface area contributed by atoms with E-state index in [9.17, 15) is 9.59 Å². The monoisotopic (exact) mass is 356 g/mol. The predicted molar refractivity (Wildman–Crippen MR) is 98.6 cm³/mol. The molecular weight excluding hydrogens is 340 g/mol. The van der Waals surface area contributed by atoms with Crippen molar-refractivity contribution in [3.63, 3.8) is 0 Å². The summed E-state index contributed by atoms with van der Waals surface area (Å²) in [5, 5.41) is 0.646. The SMILES string of the molecule is O=C(/C=C/c1ccc(Cl)cc1)OCCCn1c(=O)[nH]c2ccccc21. The molecule has 0 amide bonds. The number of carbonyl (C=O) groups excluding carboxylic acids is 1. The van der Waals surface area contributed by atoms with Crippen LogP contribution in [0.5, 0.6) is 0 Å². The first-order chi connectivity index (χ1) is 12.1. The van der Waals surface area contributed by atoms with E-state index in [-0.39, 0.29) is 12.3 Å². The molecule has 0 fully saturated rings. The van der Waals surface area contributed by atoms with Crippen molar-refractivity contribution < 1.29 is 9.53 Å². The summed E-state index contributed by atoms with van der Waals surface area (Å²) in [6.45, 7) is 0.729. The third-order valence-corrected chi connectivity index (χ3v) is 3.99. The molecule has 3 aromatic rings. The molecule has 128 valence electrons. The number of hydrogen-bond donors (Lipinski definition) is 1. The molecule has 0 aliphatic heterocycles. The Morgan fingerprint density at radius 1 is 1.16 bits per heavy atom. The molecule has 0 bridgehead atoms. The summed E-state index contributed by atoms with van der Waals surface area (Å²) in [6, 6.07) is 14.6. The van der Waals surface area contributed by atoms with Gasteiger partial charge in [0.1, 0.15) is 0 Å². The number of ether oxygens (including phenoxy) is 1. The lowest BCUT2D eigenvalue weighted by atomic mass is 10.2. The van der Waals surface area contributed by atoms with Gasteiger partial charge in [0.15, 0.2) is 0 Å². The summed E-state index contributed by atoms with van der Waals surface area (Å²) in [6.07, 6.45) is 3.60. The van der Waals surface area contributed by atoms with Gasteiger partial charge in [-0.3, -0.25) is 4.57 Å². The van der Waals surface area contributed by atoms with Crippen LogP contribution in [0.1, 0.15) is 12.0 Å². The fourth-order valence-electron chi connectivity index (χ4n) is 2.51. The first kappa shape index (κ1) is 17.0. The Kier molecular flexibility index (Phi) is 5.36. The van der Waals surface area contributed by atoms with E-state index >= 15 is 0 Å². The number of esters is 1. The number of nitrogens with one attached hydrogen (secondary N) is 1. The average Bonchev–Trinajstić information content (AvgIpc) is 2.93. The molecule has 25 heavy (non-hydrogen) atoms. The molecule has 1 aromatic heterocycles. The molecule has 0 spiro atoms. The van der Waals surface area contributed by atoms with Crippen molar-refractivity contribution in [2.45, 2.75) is 13.0 Å². The zero-order chi connectivity index (χ0) is 17.6. The number of aromatic nitrogens is 2. The molecule has 1 N–H and O–H groups in total. The Morgan fingerprint density at radius 2 is 1.92 bits per heavy atom. The van der Waals surface area contributed by atoms with Gasteiger partial charge in [-0.2, -0.15) is 0 Å². The minimum absolute atomic E-state index is 0.157. The highest BCUT2D eigenvalue weighted by molar-refractivity contribution is 6.30. The van der Waals surface area contributed by atoms with Gasteiger partial charge in [-0.05, 0) is 42.3 Å². The van der Waals surface area contributed by atoms with E-state index in [1.807, 2.05) is 36.4 Å². The van der Waals surface area contributed by atoms with Crippen LogP contribution in [0.3, 0.4) is 0 Å². The van der Waals surface area contributed by atoms with Gasteiger partial charge in [0.05, 0.1) is 17.6 Å². The minimum atomic E-state index is -0.416. The summed E-state index contributed by atoms with van der Waals surface area (Å²) < 4.78 is 6.81. The smallest absolute Gasteiger partial charge is 0.330 e. The van der Waals surface area contributed by atoms with Crippen LogP contribution >= 0.6 is 11.6 Å². The summed E-state index contributed by atoms with van der Waals surface area (Å²) >= 11 is 5.81. The standard InChI is InChI=1S/C19H17ClN2O3/c20-15-9-6-14(7-10-15)8-11-18(23)25-13-3-12-22-17-5-2-1-4-16(17)21-19(22)24/h1-2,4-11H,3,12-13H2,(H,21,24)/b11-8+. The zero-order valence-corrected chi connectivity index (χ0v) is 14.2. The zero-order valence-electron chi connectivity index (χ0n) is 13.4. The van der Waals surface area contributed by atoms with Crippen molar-refractivity contribution in [2.24, 2.45) is 0 Å². The number of H-pyrrole nitrogens is 1. The third kappa shape index (κ3) is 4.39. The van der Waals surface area contributed by atoms with Gasteiger partial charge in [0, 0.05) is 17.6 Å². The van der Waals surface area contributed by atoms with Gasteiger partial charge < -0.3 is 9.72 Å². The summed E-state index contributed by atoms with van der Waals surface area (Å²) in [5.41, 5.74) is 2.36. The lowest BCUT2D eigenvalue weighted by Crippen LogP contribution is -2.18. The highest BCUT2D eigenvalue weighted by atomic mass is 35.5. The normalized spacial score (nSPS) is 11.2. The lowest BCUT2D eigenvalue weighted by Gasteiger charge is -2.04. The van der Waals surface area contributed by atoms with Gasteiger partial charge in [-0.15, -0.1) is 0 Å². The van der Waals surface area contributed by atoms with Gasteiger partial charge in [-0.25, -0.2) is 9.59 Å². The maximum atomic E-state index is 11.9. The van der Waals surface area contributed by atoms with Crippen molar-refractivity contribution in [2.75, 3.05) is 6.61 Å². The molecule has 0 unspecified atom stereocenters. The first-order valence-electron chi connectivity index (χ1n) is 7.91. The molecule has 5 nitrogen and oxygen atoms in total. The van der Waals surface area contributed by atoms with Crippen LogP contribution in [-0.4, -0.2) is 22.1 Å². The molecular formula is C19H17ClN2O3. The minimum Gasteiger partial charge on any atom is -0.462 e. The number of benzene rings is 2. The number of aromatic amines is 1. The first-order valence-corrected chi connectivity index (χ1v) is 8.29. The van der Waals surface area contributed by atoms with Crippen LogP contribution in [0.25, 0.3) is 17.1 Å². The van der Waals surface area contributed by atoms with Crippen molar-refractivity contribution in [3.05, 3.63) is 75.7 Å². The molecule has 0 saturated carbocycles. The molecule has 2 aromatic carbocycles. The highest BCUT2D eigenvalue weighted by Gasteiger charge is 2.05. The van der Waals surface area contributed by atoms with E-state index < -0.39 is 5.97 Å². The van der Waals surface area contributed by atoms with Crippen LogP contribution in [0, 0.1) is 0 Å². The topological polar surface area (TPSA) is 64.1 Å². The van der Waals surface area contributed by atoms with Crippen molar-refractivity contribution in [3.8, 4) is 0 Å². The van der Waals surface area contributed by atoms with Crippen LogP contribution < -0.4 is 5.69 Å². The molecule has 6 heteroatoms. The lowest BCUT2D eigenvalue weighted by molar-refractivity contribution is -0.137. The fourth-order valence-corrected chi connectivity index (χ4v) is 2.64. The predicted octanol–water partition coefficient (Wildman–Crippen LogP) is 3.63. The number of halogens is 1. The maximum Gasteiger partial charge on any atom is 0.330 e. The van der Waals surface area contributed by atoms with Crippen molar-refractivity contribution in [1.82, 2.24) is 9.55 Å². The van der Waals surface area contributed by atoms with E-state index in [1.165, 1.54) is 6.08 Å². The van der Waals surface area contributed by atoms with Crippen LogP contribution in [0.4, 0.5) is 0 Å². The van der Waals surface area contributed by atoms with Crippen molar-refractivity contribution >= 4 is 34.7 Å². The number of rotatable bonds is 6. The molecule has 1 heterocycles. The molecule has 0 aliphatic rings. The summed E-state index contributed by atoms with van der Waals surface area (Å²) in [5.74, 6) is -0.416. The van der Waals surface area contributed by atoms with E-state index in [0.717, 1.165) is 16.6 Å². The van der Waals surface area contributed by atoms with Crippen molar-refractivity contribution in [1.29, 1.82) is 0 Å². The van der Waals surface area contributed by atoms with Gasteiger partial charge in [-0.1, -0.05) is 35.9 Å². The van der Waals surface area contributed by atoms with Gasteiger partial charge in [0.2, 0.25) is 0 Å². The van der Waals surface area contributed by atoms with E-state index in [1.54, 1.807) is 22.8 Å². The van der Waals surface area contributed by atoms with E-state index in [2.05, 4.69) is 4.98 Å². The Balaban J connectivity index is 1.49. The van der Waals surface area contributed by atoms with Crippen LogP contribution in [0.15, 0.2) is 59.4 Å². The van der Waals surface area contributed by atoms with E-state index in [0.29, 0.717) is 18.0 Å². The second-order valence-electron chi connectivity index (χ2n) is 5.50. The molecule has 0 radical (unpaired) electrons. The van der Waals surface area contributed by atoms with Gasteiger partial charge >= 0.3 is 11.7 Å². The quantitative estimate of drug-likeness (QED) is 0.416. The number of hydrogen-bond acceptors (Lipinski definition) is 3. The second kappa shape index (κ2) is 7.85. The Morgan fingerprint density at radius 3 is 2.72 bits per heavy atom. The van der Waals surface area contributed by atoms with Crippen LogP contribution in [-0.2, 0) is 16.1 Å². The average molecular weight is 357 g/mol. The molecule has 0 aliphatic carbocycles. The Bertz CT molecular complexity index is 955. The number of carbonyl (C=O) groups is 1. The van der Waals surface area contributed by atoms with Crippen LogP contribution in [0.2, 0.25) is 5.02 Å². The highest BCUT2D eigenvalue weighted by Crippen LogP contribution is 2.11. The Hall–Kier alpha value is -2.79. The fraction of sp³-hybridized carbons (Fsp3) is 0.158.